The van der Waals surface area contributed by atoms with Gasteiger partial charge in [-0.3, -0.25) is 0 Å². The molecule has 2 N–H and O–H groups in total. The van der Waals surface area contributed by atoms with Crippen molar-refractivity contribution in [1.82, 2.24) is 0 Å². The number of nitrogens with two attached hydrogens (primary N) is 1. The molecule has 0 saturated heterocycles. The van der Waals surface area contributed by atoms with Gasteiger partial charge in [0.15, 0.2) is 17.3 Å². The Kier molecular flexibility index (Phi) is 3.00. The fourth-order valence-corrected chi connectivity index (χ4v) is 1.55. The molecule has 0 saturated carbocycles. The molecule has 0 spiro atoms. The van der Waals surface area contributed by atoms with Crippen LogP contribution in [0.3, 0.4) is 0 Å². The number of anilines is 1. The monoisotopic (exact) mass is 231 g/mol. The van der Waals surface area contributed by atoms with E-state index in [4.69, 9.17) is 10.5 Å². The number of ether oxygens (including phenoxy) is 1. The van der Waals surface area contributed by atoms with Crippen LogP contribution in [-0.4, -0.2) is 0 Å². The fraction of sp³-hybridized carbons (Fsp3) is 0.143. The average Bonchev–Trinajstić information content (AvgIpc) is 2.30. The molecule has 3 heteroatoms. The number of benzene rings is 2. The topological polar surface area (TPSA) is 35.2 Å². The maximum Gasteiger partial charge on any atom is 0.165 e. The van der Waals surface area contributed by atoms with Crippen LogP contribution < -0.4 is 10.5 Å². The molecule has 88 valence electrons. The van der Waals surface area contributed by atoms with Crippen LogP contribution >= 0.6 is 0 Å². The second kappa shape index (κ2) is 4.45. The highest BCUT2D eigenvalue weighted by Gasteiger charge is 2.08. The zero-order valence-corrected chi connectivity index (χ0v) is 9.83. The minimum Gasteiger partial charge on any atom is -0.452 e. The first-order valence-electron chi connectivity index (χ1n) is 5.37. The quantitative estimate of drug-likeness (QED) is 0.797. The van der Waals surface area contributed by atoms with Gasteiger partial charge in [0, 0.05) is 0 Å². The summed E-state index contributed by atoms with van der Waals surface area (Å²) in [6.45, 7) is 3.76. The van der Waals surface area contributed by atoms with Crippen molar-refractivity contribution in [2.24, 2.45) is 0 Å². The van der Waals surface area contributed by atoms with Gasteiger partial charge in [0.05, 0.1) is 5.69 Å². The van der Waals surface area contributed by atoms with Crippen LogP contribution in [0.25, 0.3) is 0 Å². The predicted octanol–water partition coefficient (Wildman–Crippen LogP) is 3.82. The molecule has 0 fully saturated rings. The van der Waals surface area contributed by atoms with Gasteiger partial charge in [-0.1, -0.05) is 18.2 Å². The molecular formula is C14H14FNO. The summed E-state index contributed by atoms with van der Waals surface area (Å²) in [4.78, 5) is 0. The van der Waals surface area contributed by atoms with Crippen molar-refractivity contribution in [1.29, 1.82) is 0 Å². The molecule has 0 bridgehead atoms. The summed E-state index contributed by atoms with van der Waals surface area (Å²) in [6, 6.07) is 10.2. The smallest absolute Gasteiger partial charge is 0.165 e. The SMILES string of the molecule is Cc1ccc(F)c(Oc2cccc(C)c2N)c1. The number of nitrogen functional groups attached to an aromatic ring is 1. The molecule has 0 aromatic heterocycles. The largest absolute Gasteiger partial charge is 0.452 e. The lowest BCUT2D eigenvalue weighted by atomic mass is 10.2. The lowest BCUT2D eigenvalue weighted by Gasteiger charge is -2.11. The van der Waals surface area contributed by atoms with E-state index in [2.05, 4.69) is 0 Å². The van der Waals surface area contributed by atoms with Crippen LogP contribution in [0.5, 0.6) is 11.5 Å². The predicted molar refractivity (Wildman–Crippen MR) is 66.8 cm³/mol. The van der Waals surface area contributed by atoms with Crippen molar-refractivity contribution in [2.45, 2.75) is 13.8 Å². The molecule has 0 amide bonds. The first-order valence-corrected chi connectivity index (χ1v) is 5.37. The van der Waals surface area contributed by atoms with Crippen molar-refractivity contribution >= 4 is 5.69 Å². The first-order chi connectivity index (χ1) is 8.08. The van der Waals surface area contributed by atoms with E-state index < -0.39 is 5.82 Å². The Hall–Kier alpha value is -2.03. The summed E-state index contributed by atoms with van der Waals surface area (Å²) < 4.78 is 19.0. The number of para-hydroxylation sites is 1. The lowest BCUT2D eigenvalue weighted by Crippen LogP contribution is -1.96. The van der Waals surface area contributed by atoms with Gasteiger partial charge in [0.2, 0.25) is 0 Å². The molecule has 0 atom stereocenters. The van der Waals surface area contributed by atoms with Crippen molar-refractivity contribution in [3.05, 3.63) is 53.3 Å². The highest BCUT2D eigenvalue weighted by atomic mass is 19.1. The molecule has 2 aromatic rings. The summed E-state index contributed by atoms with van der Waals surface area (Å²) in [5, 5.41) is 0. The highest BCUT2D eigenvalue weighted by molar-refractivity contribution is 5.59. The van der Waals surface area contributed by atoms with E-state index in [9.17, 15) is 4.39 Å². The molecule has 0 aliphatic heterocycles. The van der Waals surface area contributed by atoms with E-state index >= 15 is 0 Å². The van der Waals surface area contributed by atoms with E-state index in [0.29, 0.717) is 11.4 Å². The maximum absolute atomic E-state index is 13.5. The van der Waals surface area contributed by atoms with Crippen LogP contribution in [0.1, 0.15) is 11.1 Å². The van der Waals surface area contributed by atoms with Crippen molar-refractivity contribution in [3.63, 3.8) is 0 Å². The molecule has 0 radical (unpaired) electrons. The summed E-state index contributed by atoms with van der Waals surface area (Å²) >= 11 is 0. The van der Waals surface area contributed by atoms with Gasteiger partial charge < -0.3 is 10.5 Å². The number of hydrogen-bond acceptors (Lipinski definition) is 2. The van der Waals surface area contributed by atoms with Gasteiger partial charge in [0.1, 0.15) is 0 Å². The van der Waals surface area contributed by atoms with Crippen LogP contribution in [0.4, 0.5) is 10.1 Å². The maximum atomic E-state index is 13.5. The van der Waals surface area contributed by atoms with Crippen molar-refractivity contribution < 1.29 is 9.13 Å². The summed E-state index contributed by atoms with van der Waals surface area (Å²) in [7, 11) is 0. The molecule has 0 heterocycles. The second-order valence-corrected chi connectivity index (χ2v) is 4.02. The van der Waals surface area contributed by atoms with E-state index in [1.165, 1.54) is 6.07 Å². The molecule has 0 aliphatic carbocycles. The third-order valence-electron chi connectivity index (χ3n) is 2.59. The zero-order chi connectivity index (χ0) is 12.4. The van der Waals surface area contributed by atoms with Gasteiger partial charge in [-0.05, 0) is 43.2 Å². The van der Waals surface area contributed by atoms with Gasteiger partial charge in [-0.2, -0.15) is 0 Å². The Labute approximate surface area is 99.8 Å². The minimum absolute atomic E-state index is 0.197. The Morgan fingerprint density at radius 1 is 1.06 bits per heavy atom. The van der Waals surface area contributed by atoms with Gasteiger partial charge >= 0.3 is 0 Å². The van der Waals surface area contributed by atoms with Gasteiger partial charge in [-0.25, -0.2) is 4.39 Å². The Bertz CT molecular complexity index is 552. The summed E-state index contributed by atoms with van der Waals surface area (Å²) in [5.74, 6) is 0.285. The first kappa shape index (κ1) is 11.5. The molecule has 0 aliphatic rings. The van der Waals surface area contributed by atoms with E-state index in [1.54, 1.807) is 18.2 Å². The molecule has 2 aromatic carbocycles. The normalized spacial score (nSPS) is 10.3. The fourth-order valence-electron chi connectivity index (χ4n) is 1.55. The number of hydrogen-bond donors (Lipinski definition) is 1. The standard InChI is InChI=1S/C14H14FNO/c1-9-6-7-11(15)13(8-9)17-12-5-3-4-10(2)14(12)16/h3-8H,16H2,1-2H3. The third-order valence-corrected chi connectivity index (χ3v) is 2.59. The van der Waals surface area contributed by atoms with Gasteiger partial charge in [0.25, 0.3) is 0 Å². The summed E-state index contributed by atoms with van der Waals surface area (Å²) in [6.07, 6.45) is 0. The third kappa shape index (κ3) is 2.38. The highest BCUT2D eigenvalue weighted by Crippen LogP contribution is 2.31. The van der Waals surface area contributed by atoms with Crippen molar-refractivity contribution in [3.8, 4) is 11.5 Å². The van der Waals surface area contributed by atoms with Crippen LogP contribution in [0.2, 0.25) is 0 Å². The van der Waals surface area contributed by atoms with E-state index in [-0.39, 0.29) is 5.75 Å². The Morgan fingerprint density at radius 3 is 2.59 bits per heavy atom. The number of aryl methyl sites for hydroxylation is 2. The van der Waals surface area contributed by atoms with Crippen LogP contribution in [-0.2, 0) is 0 Å². The molecule has 2 nitrogen and oxygen atoms in total. The average molecular weight is 231 g/mol. The lowest BCUT2D eigenvalue weighted by molar-refractivity contribution is 0.443. The Morgan fingerprint density at radius 2 is 1.82 bits per heavy atom. The summed E-state index contributed by atoms with van der Waals surface area (Å²) in [5.41, 5.74) is 8.26. The Balaban J connectivity index is 2.38. The number of rotatable bonds is 2. The van der Waals surface area contributed by atoms with E-state index in [1.807, 2.05) is 26.0 Å². The zero-order valence-electron chi connectivity index (χ0n) is 9.83. The molecule has 2 rings (SSSR count). The molecular weight excluding hydrogens is 217 g/mol. The second-order valence-electron chi connectivity index (χ2n) is 4.02. The van der Waals surface area contributed by atoms with Gasteiger partial charge in [-0.15, -0.1) is 0 Å². The minimum atomic E-state index is -0.392. The molecule has 0 unspecified atom stereocenters. The molecule has 17 heavy (non-hydrogen) atoms. The van der Waals surface area contributed by atoms with Crippen LogP contribution in [0.15, 0.2) is 36.4 Å². The van der Waals surface area contributed by atoms with Crippen LogP contribution in [0, 0.1) is 19.7 Å². The van der Waals surface area contributed by atoms with E-state index in [0.717, 1.165) is 11.1 Å². The van der Waals surface area contributed by atoms with Crippen molar-refractivity contribution in [2.75, 3.05) is 5.73 Å². The number of halogens is 1.